The maximum absolute atomic E-state index is 13.4. The van der Waals surface area contributed by atoms with E-state index in [-0.39, 0.29) is 22.4 Å². The lowest BCUT2D eigenvalue weighted by molar-refractivity contribution is 0.0954. The van der Waals surface area contributed by atoms with Gasteiger partial charge in [0.15, 0.2) is 0 Å². The van der Waals surface area contributed by atoms with Gasteiger partial charge in [-0.1, -0.05) is 31.4 Å². The van der Waals surface area contributed by atoms with Crippen molar-refractivity contribution in [3.8, 4) is 5.75 Å². The van der Waals surface area contributed by atoms with Crippen LogP contribution in [0.4, 0.5) is 5.69 Å². The van der Waals surface area contributed by atoms with E-state index in [1.807, 2.05) is 12.1 Å². The molecule has 1 saturated carbocycles. The summed E-state index contributed by atoms with van der Waals surface area (Å²) in [6.07, 6.45) is 7.25. The number of hydrogen-bond acceptors (Lipinski definition) is 5. The van der Waals surface area contributed by atoms with Crippen LogP contribution in [0.1, 0.15) is 42.5 Å². The Labute approximate surface area is 200 Å². The SMILES string of the molecule is COc1ccc(N(C)S(=O)(=O)c2cccc(C(=O)n3ccccc3=NC3CCCCC3)c2)cc1. The van der Waals surface area contributed by atoms with Gasteiger partial charge in [0.1, 0.15) is 11.2 Å². The predicted octanol–water partition coefficient (Wildman–Crippen LogP) is 4.24. The highest BCUT2D eigenvalue weighted by molar-refractivity contribution is 7.92. The number of pyridine rings is 1. The normalized spacial score (nSPS) is 15.2. The van der Waals surface area contributed by atoms with Gasteiger partial charge in [0, 0.05) is 18.8 Å². The lowest BCUT2D eigenvalue weighted by Crippen LogP contribution is -2.30. The average Bonchev–Trinajstić information content (AvgIpc) is 2.89. The van der Waals surface area contributed by atoms with Crippen molar-refractivity contribution in [2.75, 3.05) is 18.5 Å². The van der Waals surface area contributed by atoms with Gasteiger partial charge in [-0.2, -0.15) is 0 Å². The molecule has 0 N–H and O–H groups in total. The van der Waals surface area contributed by atoms with Gasteiger partial charge in [0.25, 0.3) is 15.9 Å². The monoisotopic (exact) mass is 479 g/mol. The first kappa shape index (κ1) is 23.8. The molecule has 0 aliphatic heterocycles. The number of hydrogen-bond donors (Lipinski definition) is 0. The Balaban J connectivity index is 1.65. The topological polar surface area (TPSA) is 81.0 Å². The maximum Gasteiger partial charge on any atom is 0.264 e. The minimum atomic E-state index is -3.88. The summed E-state index contributed by atoms with van der Waals surface area (Å²) in [5.74, 6) is 0.316. The predicted molar refractivity (Wildman–Crippen MR) is 132 cm³/mol. The van der Waals surface area contributed by atoms with Crippen LogP contribution in [0.2, 0.25) is 0 Å². The molecule has 2 aromatic carbocycles. The molecule has 0 atom stereocenters. The van der Waals surface area contributed by atoms with Crippen LogP contribution in [0.5, 0.6) is 5.75 Å². The molecule has 0 spiro atoms. The number of anilines is 1. The second-order valence-corrected chi connectivity index (χ2v) is 10.3. The van der Waals surface area contributed by atoms with Gasteiger partial charge < -0.3 is 4.74 Å². The van der Waals surface area contributed by atoms with E-state index in [9.17, 15) is 13.2 Å². The molecule has 1 aliphatic rings. The zero-order valence-electron chi connectivity index (χ0n) is 19.4. The number of carbonyl (C=O) groups excluding carboxylic acids is 1. The summed E-state index contributed by atoms with van der Waals surface area (Å²) in [6, 6.07) is 18.5. The number of ether oxygens (including phenoxy) is 1. The molecule has 1 fully saturated rings. The number of benzene rings is 2. The maximum atomic E-state index is 13.4. The van der Waals surface area contributed by atoms with Crippen LogP contribution in [-0.2, 0) is 10.0 Å². The van der Waals surface area contributed by atoms with Crippen molar-refractivity contribution in [2.24, 2.45) is 4.99 Å². The van der Waals surface area contributed by atoms with E-state index in [0.29, 0.717) is 16.9 Å². The molecule has 0 unspecified atom stereocenters. The number of methoxy groups -OCH3 is 1. The summed E-state index contributed by atoms with van der Waals surface area (Å²) in [5.41, 5.74) is 1.35. The second kappa shape index (κ2) is 10.3. The third-order valence-electron chi connectivity index (χ3n) is 6.12. The van der Waals surface area contributed by atoms with Crippen LogP contribution in [0.3, 0.4) is 0 Å². The molecular weight excluding hydrogens is 450 g/mol. The van der Waals surface area contributed by atoms with Gasteiger partial charge in [0.05, 0.1) is 23.7 Å². The first-order valence-corrected chi connectivity index (χ1v) is 12.8. The molecule has 0 bridgehead atoms. The highest BCUT2D eigenvalue weighted by Crippen LogP contribution is 2.25. The standard InChI is InChI=1S/C26H29N3O4S/c1-28(22-14-16-23(33-2)17-15-22)34(31,32)24-12-8-9-20(19-24)26(30)29-18-7-6-13-25(29)27-21-10-4-3-5-11-21/h6-9,12-19,21H,3-5,10-11H2,1-2H3. The van der Waals surface area contributed by atoms with E-state index in [0.717, 1.165) is 25.7 Å². The Morgan fingerprint density at radius 1 is 1.00 bits per heavy atom. The smallest absolute Gasteiger partial charge is 0.264 e. The van der Waals surface area contributed by atoms with E-state index in [1.165, 1.54) is 34.5 Å². The van der Waals surface area contributed by atoms with Crippen LogP contribution in [-0.4, -0.2) is 39.1 Å². The number of nitrogens with zero attached hydrogens (tertiary/aromatic N) is 3. The average molecular weight is 480 g/mol. The van der Waals surface area contributed by atoms with Crippen molar-refractivity contribution in [1.29, 1.82) is 0 Å². The number of carbonyl (C=O) groups is 1. The molecule has 1 aliphatic carbocycles. The summed E-state index contributed by atoms with van der Waals surface area (Å²) in [4.78, 5) is 18.2. The first-order valence-electron chi connectivity index (χ1n) is 11.4. The largest absolute Gasteiger partial charge is 0.497 e. The molecule has 0 radical (unpaired) electrons. The van der Waals surface area contributed by atoms with Crippen LogP contribution in [0.15, 0.2) is 82.8 Å². The Morgan fingerprint density at radius 3 is 2.44 bits per heavy atom. The molecule has 7 nitrogen and oxygen atoms in total. The highest BCUT2D eigenvalue weighted by atomic mass is 32.2. The van der Waals surface area contributed by atoms with Gasteiger partial charge in [-0.25, -0.2) is 8.42 Å². The lowest BCUT2D eigenvalue weighted by Gasteiger charge is -2.20. The van der Waals surface area contributed by atoms with Gasteiger partial charge >= 0.3 is 0 Å². The van der Waals surface area contributed by atoms with E-state index in [1.54, 1.807) is 55.8 Å². The van der Waals surface area contributed by atoms with Crippen molar-refractivity contribution < 1.29 is 17.9 Å². The van der Waals surface area contributed by atoms with Crippen molar-refractivity contribution in [2.45, 2.75) is 43.0 Å². The molecule has 34 heavy (non-hydrogen) atoms. The highest BCUT2D eigenvalue weighted by Gasteiger charge is 2.23. The van der Waals surface area contributed by atoms with Gasteiger partial charge in [-0.15, -0.1) is 0 Å². The Morgan fingerprint density at radius 2 is 1.74 bits per heavy atom. The zero-order valence-corrected chi connectivity index (χ0v) is 20.2. The van der Waals surface area contributed by atoms with Gasteiger partial charge in [-0.05, 0) is 67.4 Å². The molecule has 0 saturated heterocycles. The summed E-state index contributed by atoms with van der Waals surface area (Å²) >= 11 is 0. The molecule has 1 aromatic heterocycles. The van der Waals surface area contributed by atoms with E-state index in [2.05, 4.69) is 0 Å². The van der Waals surface area contributed by atoms with E-state index >= 15 is 0 Å². The molecule has 3 aromatic rings. The number of rotatable bonds is 6. The minimum Gasteiger partial charge on any atom is -0.497 e. The first-order chi connectivity index (χ1) is 16.4. The third kappa shape index (κ3) is 5.07. The Bertz CT molecular complexity index is 1320. The van der Waals surface area contributed by atoms with Crippen LogP contribution in [0.25, 0.3) is 0 Å². The number of sulfonamides is 1. The summed E-state index contributed by atoms with van der Waals surface area (Å²) in [6.45, 7) is 0. The second-order valence-electron chi connectivity index (χ2n) is 8.35. The summed E-state index contributed by atoms with van der Waals surface area (Å²) in [5, 5.41) is 0. The fraction of sp³-hybridized carbons (Fsp3) is 0.308. The van der Waals surface area contributed by atoms with Crippen molar-refractivity contribution in [3.05, 3.63) is 84.0 Å². The van der Waals surface area contributed by atoms with Crippen LogP contribution < -0.4 is 14.5 Å². The fourth-order valence-electron chi connectivity index (χ4n) is 4.13. The minimum absolute atomic E-state index is 0.0407. The molecule has 4 rings (SSSR count). The van der Waals surface area contributed by atoms with Crippen molar-refractivity contribution in [3.63, 3.8) is 0 Å². The van der Waals surface area contributed by atoms with Crippen LogP contribution in [0, 0.1) is 0 Å². The summed E-state index contributed by atoms with van der Waals surface area (Å²) < 4.78 is 34.4. The van der Waals surface area contributed by atoms with Crippen molar-refractivity contribution in [1.82, 2.24) is 4.57 Å². The Hall–Kier alpha value is -3.39. The number of aromatic nitrogens is 1. The fourth-order valence-corrected chi connectivity index (χ4v) is 5.37. The molecule has 1 heterocycles. The Kier molecular flexibility index (Phi) is 7.17. The third-order valence-corrected chi connectivity index (χ3v) is 7.90. The van der Waals surface area contributed by atoms with Gasteiger partial charge in [0.2, 0.25) is 0 Å². The lowest BCUT2D eigenvalue weighted by atomic mass is 9.96. The van der Waals surface area contributed by atoms with E-state index < -0.39 is 10.0 Å². The quantitative estimate of drug-likeness (QED) is 0.530. The zero-order chi connectivity index (χ0) is 24.1. The molecule has 0 amide bonds. The molecule has 178 valence electrons. The molecule has 8 heteroatoms. The molecular formula is C26H29N3O4S. The van der Waals surface area contributed by atoms with E-state index in [4.69, 9.17) is 9.73 Å². The van der Waals surface area contributed by atoms with Crippen molar-refractivity contribution >= 4 is 21.6 Å². The summed E-state index contributed by atoms with van der Waals surface area (Å²) in [7, 11) is -0.838. The van der Waals surface area contributed by atoms with Gasteiger partial charge in [-0.3, -0.25) is 18.7 Å². The van der Waals surface area contributed by atoms with Crippen LogP contribution >= 0.6 is 0 Å².